The van der Waals surface area contributed by atoms with Crippen molar-refractivity contribution in [3.05, 3.63) is 12.2 Å². The van der Waals surface area contributed by atoms with Crippen LogP contribution in [0.2, 0.25) is 0 Å². The minimum absolute atomic E-state index is 0.420. The van der Waals surface area contributed by atoms with Gasteiger partial charge < -0.3 is 10.4 Å². The van der Waals surface area contributed by atoms with Gasteiger partial charge in [0, 0.05) is 6.54 Å². The summed E-state index contributed by atoms with van der Waals surface area (Å²) in [6.07, 6.45) is 8.67. The van der Waals surface area contributed by atoms with E-state index in [4.69, 9.17) is 0 Å². The molecule has 2 unspecified atom stereocenters. The van der Waals surface area contributed by atoms with E-state index in [0.717, 1.165) is 18.1 Å². The summed E-state index contributed by atoms with van der Waals surface area (Å²) in [4.78, 5) is 4.62. The van der Waals surface area contributed by atoms with E-state index in [1.54, 1.807) is 0 Å². The van der Waals surface area contributed by atoms with Crippen LogP contribution >= 0.6 is 0 Å². The summed E-state index contributed by atoms with van der Waals surface area (Å²) < 4.78 is 0. The standard InChI is InChI=1S/C12H20N2O/c1-13-8-12(15)11-4-2-3-10(14-11)7-9-5-6-9/h2,4,9-10,12-13,15H,3,5-8H2,1H3. The molecule has 15 heavy (non-hydrogen) atoms. The summed E-state index contributed by atoms with van der Waals surface area (Å²) >= 11 is 0. The number of aliphatic hydroxyl groups excluding tert-OH is 1. The van der Waals surface area contributed by atoms with E-state index in [0.29, 0.717) is 12.6 Å². The maximum Gasteiger partial charge on any atom is 0.108 e. The third-order valence-corrected chi connectivity index (χ3v) is 3.07. The predicted molar refractivity (Wildman–Crippen MR) is 62.3 cm³/mol. The number of hydrogen-bond donors (Lipinski definition) is 2. The van der Waals surface area contributed by atoms with Gasteiger partial charge in [-0.1, -0.05) is 18.9 Å². The first-order chi connectivity index (χ1) is 7.29. The van der Waals surface area contributed by atoms with Crippen LogP contribution < -0.4 is 5.32 Å². The molecule has 0 saturated heterocycles. The molecule has 0 radical (unpaired) electrons. The first-order valence-electron chi connectivity index (χ1n) is 5.86. The van der Waals surface area contributed by atoms with Crippen molar-refractivity contribution in [1.29, 1.82) is 0 Å². The van der Waals surface area contributed by atoms with Crippen LogP contribution in [-0.2, 0) is 0 Å². The summed E-state index contributed by atoms with van der Waals surface area (Å²) in [5, 5.41) is 12.8. The lowest BCUT2D eigenvalue weighted by molar-refractivity contribution is 0.240. The number of dihydropyridines is 1. The monoisotopic (exact) mass is 208 g/mol. The summed E-state index contributed by atoms with van der Waals surface area (Å²) in [5.74, 6) is 0.910. The fraction of sp³-hybridized carbons (Fsp3) is 0.750. The van der Waals surface area contributed by atoms with Crippen LogP contribution in [0, 0.1) is 5.92 Å². The summed E-state index contributed by atoms with van der Waals surface area (Å²) in [5.41, 5.74) is 0.848. The van der Waals surface area contributed by atoms with Gasteiger partial charge >= 0.3 is 0 Å². The highest BCUT2D eigenvalue weighted by Gasteiger charge is 2.26. The largest absolute Gasteiger partial charge is 0.385 e. The highest BCUT2D eigenvalue weighted by atomic mass is 16.3. The second-order valence-electron chi connectivity index (χ2n) is 4.60. The van der Waals surface area contributed by atoms with Gasteiger partial charge in [0.1, 0.15) is 6.10 Å². The van der Waals surface area contributed by atoms with Crippen molar-refractivity contribution in [2.75, 3.05) is 13.6 Å². The van der Waals surface area contributed by atoms with Crippen molar-refractivity contribution < 1.29 is 5.11 Å². The molecule has 0 spiro atoms. The van der Waals surface area contributed by atoms with Gasteiger partial charge in [0.05, 0.1) is 11.8 Å². The van der Waals surface area contributed by atoms with E-state index in [1.807, 2.05) is 13.1 Å². The van der Waals surface area contributed by atoms with Crippen LogP contribution in [0.3, 0.4) is 0 Å². The zero-order valence-corrected chi connectivity index (χ0v) is 9.32. The highest BCUT2D eigenvalue weighted by molar-refractivity contribution is 5.99. The molecule has 3 nitrogen and oxygen atoms in total. The number of rotatable bonds is 5. The minimum Gasteiger partial charge on any atom is -0.385 e. The molecule has 0 bridgehead atoms. The molecule has 1 heterocycles. The van der Waals surface area contributed by atoms with Crippen molar-refractivity contribution >= 4 is 5.71 Å². The maximum absolute atomic E-state index is 9.80. The molecule has 2 N–H and O–H groups in total. The molecular formula is C12H20N2O. The molecule has 2 aliphatic rings. The Morgan fingerprint density at radius 1 is 1.60 bits per heavy atom. The Labute approximate surface area is 91.3 Å². The van der Waals surface area contributed by atoms with Crippen LogP contribution in [0.15, 0.2) is 17.1 Å². The summed E-state index contributed by atoms with van der Waals surface area (Å²) in [7, 11) is 1.85. The molecule has 1 aliphatic heterocycles. The third-order valence-electron chi connectivity index (χ3n) is 3.07. The molecule has 1 saturated carbocycles. The van der Waals surface area contributed by atoms with E-state index in [9.17, 15) is 5.11 Å². The molecule has 0 aromatic heterocycles. The van der Waals surface area contributed by atoms with Crippen LogP contribution in [0.4, 0.5) is 0 Å². The van der Waals surface area contributed by atoms with Crippen LogP contribution in [0.1, 0.15) is 25.7 Å². The molecule has 1 aliphatic carbocycles. The summed E-state index contributed by atoms with van der Waals surface area (Å²) in [6.45, 7) is 0.583. The van der Waals surface area contributed by atoms with E-state index >= 15 is 0 Å². The minimum atomic E-state index is -0.451. The van der Waals surface area contributed by atoms with Crippen molar-refractivity contribution in [3.8, 4) is 0 Å². The Morgan fingerprint density at radius 3 is 3.07 bits per heavy atom. The number of aliphatic imine (C=N–C) groups is 1. The molecule has 0 amide bonds. The Kier molecular flexibility index (Phi) is 3.54. The van der Waals surface area contributed by atoms with Crippen molar-refractivity contribution in [3.63, 3.8) is 0 Å². The first-order valence-corrected chi connectivity index (χ1v) is 5.86. The number of aliphatic hydroxyl groups is 1. The Hall–Kier alpha value is -0.670. The second kappa shape index (κ2) is 4.90. The van der Waals surface area contributed by atoms with Crippen LogP contribution in [0.5, 0.6) is 0 Å². The third kappa shape index (κ3) is 3.14. The normalized spacial score (nSPS) is 27.6. The SMILES string of the molecule is CNCC(O)C1=NC(CC2CC2)CC=C1. The molecule has 2 rings (SSSR count). The number of nitrogens with zero attached hydrogens (tertiary/aromatic N) is 1. The van der Waals surface area contributed by atoms with Gasteiger partial charge in [-0.2, -0.15) is 0 Å². The van der Waals surface area contributed by atoms with E-state index in [1.165, 1.54) is 19.3 Å². The Morgan fingerprint density at radius 2 is 2.40 bits per heavy atom. The molecular weight excluding hydrogens is 188 g/mol. The van der Waals surface area contributed by atoms with E-state index in [-0.39, 0.29) is 0 Å². The second-order valence-corrected chi connectivity index (χ2v) is 4.60. The highest BCUT2D eigenvalue weighted by Crippen LogP contribution is 2.35. The Balaban J connectivity index is 1.90. The van der Waals surface area contributed by atoms with Gasteiger partial charge in [-0.25, -0.2) is 0 Å². The lowest BCUT2D eigenvalue weighted by atomic mass is 10.0. The lowest BCUT2D eigenvalue weighted by Gasteiger charge is -2.19. The smallest absolute Gasteiger partial charge is 0.108 e. The Bertz CT molecular complexity index is 269. The predicted octanol–water partition coefficient (Wildman–Crippen LogP) is 1.14. The molecule has 1 fully saturated rings. The zero-order valence-electron chi connectivity index (χ0n) is 9.32. The van der Waals surface area contributed by atoms with Gasteiger partial charge in [-0.05, 0) is 31.9 Å². The molecule has 3 heteroatoms. The van der Waals surface area contributed by atoms with Crippen molar-refractivity contribution in [2.45, 2.75) is 37.8 Å². The van der Waals surface area contributed by atoms with Gasteiger partial charge in [0.15, 0.2) is 0 Å². The molecule has 0 aromatic rings. The average molecular weight is 208 g/mol. The zero-order chi connectivity index (χ0) is 10.7. The number of nitrogens with one attached hydrogen (secondary N) is 1. The van der Waals surface area contributed by atoms with Gasteiger partial charge in [-0.3, -0.25) is 4.99 Å². The van der Waals surface area contributed by atoms with Gasteiger partial charge in [-0.15, -0.1) is 0 Å². The fourth-order valence-electron chi connectivity index (χ4n) is 2.03. The first kappa shape index (κ1) is 10.8. The average Bonchev–Trinajstić information content (AvgIpc) is 3.03. The fourth-order valence-corrected chi connectivity index (χ4v) is 2.03. The topological polar surface area (TPSA) is 44.6 Å². The lowest BCUT2D eigenvalue weighted by Crippen LogP contribution is -2.32. The van der Waals surface area contributed by atoms with Crippen molar-refractivity contribution in [2.24, 2.45) is 10.9 Å². The number of hydrogen-bond acceptors (Lipinski definition) is 3. The van der Waals surface area contributed by atoms with E-state index < -0.39 is 6.10 Å². The van der Waals surface area contributed by atoms with Crippen LogP contribution in [0.25, 0.3) is 0 Å². The van der Waals surface area contributed by atoms with Gasteiger partial charge in [0.2, 0.25) is 0 Å². The van der Waals surface area contributed by atoms with Crippen LogP contribution in [-0.4, -0.2) is 36.6 Å². The quantitative estimate of drug-likeness (QED) is 0.711. The molecule has 0 aromatic carbocycles. The van der Waals surface area contributed by atoms with E-state index in [2.05, 4.69) is 16.4 Å². The number of likely N-dealkylation sites (N-methyl/N-ethyl adjacent to an activating group) is 1. The maximum atomic E-state index is 9.80. The van der Waals surface area contributed by atoms with Gasteiger partial charge in [0.25, 0.3) is 0 Å². The molecule has 84 valence electrons. The van der Waals surface area contributed by atoms with Crippen molar-refractivity contribution in [1.82, 2.24) is 5.32 Å². The summed E-state index contributed by atoms with van der Waals surface area (Å²) in [6, 6.07) is 0.420. The molecule has 2 atom stereocenters.